The summed E-state index contributed by atoms with van der Waals surface area (Å²) in [6, 6.07) is 1.67. The van der Waals surface area contributed by atoms with Gasteiger partial charge in [-0.2, -0.15) is 13.2 Å². The Kier molecular flexibility index (Phi) is 5.68. The average molecular weight is 360 g/mol. The molecule has 25 heavy (non-hydrogen) atoms. The lowest BCUT2D eigenvalue weighted by molar-refractivity contribution is -0.138. The summed E-state index contributed by atoms with van der Waals surface area (Å²) in [5.41, 5.74) is -0.444. The Bertz CT molecular complexity index is 714. The van der Waals surface area contributed by atoms with Crippen LogP contribution in [0.3, 0.4) is 0 Å². The quantitative estimate of drug-likeness (QED) is 0.426. The molecule has 0 aromatic heterocycles. The van der Waals surface area contributed by atoms with Crippen molar-refractivity contribution in [3.05, 3.63) is 47.3 Å². The van der Waals surface area contributed by atoms with E-state index in [2.05, 4.69) is 5.32 Å². The summed E-state index contributed by atoms with van der Waals surface area (Å²) < 4.78 is 58.3. The fourth-order valence-electron chi connectivity index (χ4n) is 2.45. The van der Waals surface area contributed by atoms with E-state index >= 15 is 0 Å². The number of halogens is 4. The molecule has 0 spiro atoms. The van der Waals surface area contributed by atoms with Crippen LogP contribution in [0.25, 0.3) is 0 Å². The van der Waals surface area contributed by atoms with Crippen molar-refractivity contribution in [3.8, 4) is 5.75 Å². The van der Waals surface area contributed by atoms with Gasteiger partial charge in [-0.05, 0) is 24.6 Å². The Labute approximate surface area is 140 Å². The highest BCUT2D eigenvalue weighted by molar-refractivity contribution is 5.95. The van der Waals surface area contributed by atoms with Gasteiger partial charge in [-0.15, -0.1) is 0 Å². The Morgan fingerprint density at radius 3 is 2.68 bits per heavy atom. The van der Waals surface area contributed by atoms with Crippen LogP contribution in [0.15, 0.2) is 36.2 Å². The second-order valence-electron chi connectivity index (χ2n) is 5.34. The molecule has 0 bridgehead atoms. The molecule has 0 radical (unpaired) electrons. The van der Waals surface area contributed by atoms with Crippen LogP contribution >= 0.6 is 0 Å². The Balaban J connectivity index is 2.38. The maximum atomic E-state index is 13.7. The highest BCUT2D eigenvalue weighted by Crippen LogP contribution is 2.41. The van der Waals surface area contributed by atoms with Gasteiger partial charge in [0.2, 0.25) is 0 Å². The zero-order valence-corrected chi connectivity index (χ0v) is 13.2. The summed E-state index contributed by atoms with van der Waals surface area (Å²) in [4.78, 5) is 11.5. The zero-order chi connectivity index (χ0) is 18.6. The smallest absolute Gasteiger partial charge is 0.420 e. The molecule has 1 amide bonds. The van der Waals surface area contributed by atoms with E-state index < -0.39 is 40.7 Å². The van der Waals surface area contributed by atoms with E-state index in [1.165, 1.54) is 11.6 Å². The minimum Gasteiger partial charge on any atom is -0.494 e. The molecular formula is C16H16F4N2O3. The third-order valence-corrected chi connectivity index (χ3v) is 3.70. The number of carbonyl (C=O) groups is 1. The molecule has 1 aromatic rings. The maximum Gasteiger partial charge on any atom is 0.420 e. The third-order valence-electron chi connectivity index (χ3n) is 3.70. The first kappa shape index (κ1) is 18.8. The van der Waals surface area contributed by atoms with Crippen molar-refractivity contribution >= 4 is 11.6 Å². The lowest BCUT2D eigenvalue weighted by atomic mass is 9.99. The fourth-order valence-corrected chi connectivity index (χ4v) is 2.45. The standard InChI is InChI=1S/C16H16F4N2O3/c1-25-14-11(16(18,19)20)6-10(15(23)22-24)7-13(14)21-8-9-4-2-3-5-12(9)17/h2-3,5-7,9,21,24H,4,8H2,1H3,(H,22,23). The summed E-state index contributed by atoms with van der Waals surface area (Å²) in [6.45, 7) is 0.00449. The van der Waals surface area contributed by atoms with Gasteiger partial charge >= 0.3 is 6.18 Å². The normalized spacial score (nSPS) is 17.0. The van der Waals surface area contributed by atoms with E-state index in [0.29, 0.717) is 12.5 Å². The van der Waals surface area contributed by atoms with E-state index in [1.54, 1.807) is 12.2 Å². The van der Waals surface area contributed by atoms with Crippen molar-refractivity contribution in [2.45, 2.75) is 12.6 Å². The summed E-state index contributed by atoms with van der Waals surface area (Å²) in [7, 11) is 1.06. The first-order valence-electron chi connectivity index (χ1n) is 7.27. The summed E-state index contributed by atoms with van der Waals surface area (Å²) >= 11 is 0. The number of alkyl halides is 3. The van der Waals surface area contributed by atoms with Gasteiger partial charge in [-0.1, -0.05) is 12.2 Å². The van der Waals surface area contributed by atoms with Crippen LogP contribution in [-0.2, 0) is 6.18 Å². The number of ether oxygens (including phenoxy) is 1. The zero-order valence-electron chi connectivity index (χ0n) is 13.2. The van der Waals surface area contributed by atoms with E-state index in [4.69, 9.17) is 9.94 Å². The molecule has 5 nitrogen and oxygen atoms in total. The van der Waals surface area contributed by atoms with Crippen molar-refractivity contribution in [2.75, 3.05) is 19.0 Å². The summed E-state index contributed by atoms with van der Waals surface area (Å²) in [5.74, 6) is -2.56. The molecular weight excluding hydrogens is 344 g/mol. The minimum atomic E-state index is -4.79. The van der Waals surface area contributed by atoms with Gasteiger partial charge in [0.15, 0.2) is 5.75 Å². The SMILES string of the molecule is COc1c(NCC2CC=CC=C2F)cc(C(=O)NO)cc1C(F)(F)F. The molecule has 3 N–H and O–H groups in total. The lowest BCUT2D eigenvalue weighted by Gasteiger charge is -2.21. The number of carbonyl (C=O) groups excluding carboxylic acids is 1. The topological polar surface area (TPSA) is 70.6 Å². The van der Waals surface area contributed by atoms with Crippen molar-refractivity contribution < 1.29 is 32.3 Å². The molecule has 9 heteroatoms. The van der Waals surface area contributed by atoms with Crippen LogP contribution < -0.4 is 15.5 Å². The van der Waals surface area contributed by atoms with Crippen molar-refractivity contribution in [3.63, 3.8) is 0 Å². The average Bonchev–Trinajstić information content (AvgIpc) is 2.58. The maximum absolute atomic E-state index is 13.7. The molecule has 2 rings (SSSR count). The van der Waals surface area contributed by atoms with Crippen LogP contribution in [0.4, 0.5) is 23.2 Å². The Morgan fingerprint density at radius 1 is 1.40 bits per heavy atom. The van der Waals surface area contributed by atoms with Crippen LogP contribution in [0.2, 0.25) is 0 Å². The lowest BCUT2D eigenvalue weighted by Crippen LogP contribution is -2.22. The van der Waals surface area contributed by atoms with Crippen LogP contribution in [0, 0.1) is 5.92 Å². The number of methoxy groups -OCH3 is 1. The van der Waals surface area contributed by atoms with E-state index in [1.807, 2.05) is 0 Å². The molecule has 1 aliphatic rings. The van der Waals surface area contributed by atoms with Gasteiger partial charge in [0.05, 0.1) is 12.8 Å². The monoisotopic (exact) mass is 360 g/mol. The van der Waals surface area contributed by atoms with Crippen LogP contribution in [-0.4, -0.2) is 24.8 Å². The van der Waals surface area contributed by atoms with Gasteiger partial charge < -0.3 is 10.1 Å². The highest BCUT2D eigenvalue weighted by Gasteiger charge is 2.36. The van der Waals surface area contributed by atoms with Crippen LogP contribution in [0.1, 0.15) is 22.3 Å². The molecule has 1 aliphatic carbocycles. The van der Waals surface area contributed by atoms with Gasteiger partial charge in [-0.3, -0.25) is 10.0 Å². The van der Waals surface area contributed by atoms with Gasteiger partial charge in [-0.25, -0.2) is 9.87 Å². The number of hydrogen-bond donors (Lipinski definition) is 3. The Hall–Kier alpha value is -2.55. The predicted molar refractivity (Wildman–Crippen MR) is 82.2 cm³/mol. The Morgan fingerprint density at radius 2 is 2.12 bits per heavy atom. The second kappa shape index (κ2) is 7.56. The third kappa shape index (κ3) is 4.30. The van der Waals surface area contributed by atoms with E-state index in [9.17, 15) is 22.4 Å². The summed E-state index contributed by atoms with van der Waals surface area (Å²) in [6.07, 6.45) is 0.181. The number of anilines is 1. The van der Waals surface area contributed by atoms with Crippen molar-refractivity contribution in [1.29, 1.82) is 0 Å². The molecule has 1 aromatic carbocycles. The number of nitrogens with one attached hydrogen (secondary N) is 2. The largest absolute Gasteiger partial charge is 0.494 e. The number of hydrogen-bond acceptors (Lipinski definition) is 4. The van der Waals surface area contributed by atoms with Crippen molar-refractivity contribution in [2.24, 2.45) is 5.92 Å². The number of rotatable bonds is 5. The second-order valence-corrected chi connectivity index (χ2v) is 5.34. The highest BCUT2D eigenvalue weighted by atomic mass is 19.4. The molecule has 136 valence electrons. The first-order chi connectivity index (χ1) is 11.8. The van der Waals surface area contributed by atoms with Gasteiger partial charge in [0.1, 0.15) is 11.4 Å². The molecule has 0 heterocycles. The minimum absolute atomic E-state index is 0.00449. The van der Waals surface area contributed by atoms with E-state index in [-0.39, 0.29) is 12.2 Å². The van der Waals surface area contributed by atoms with Crippen LogP contribution in [0.5, 0.6) is 5.75 Å². The summed E-state index contributed by atoms with van der Waals surface area (Å²) in [5, 5.41) is 11.4. The molecule has 0 aliphatic heterocycles. The predicted octanol–water partition coefficient (Wildman–Crippen LogP) is 3.67. The van der Waals surface area contributed by atoms with Gasteiger partial charge in [0.25, 0.3) is 5.91 Å². The van der Waals surface area contributed by atoms with Gasteiger partial charge in [0, 0.05) is 18.0 Å². The number of hydroxylamine groups is 1. The molecule has 0 saturated heterocycles. The molecule has 1 unspecified atom stereocenters. The molecule has 0 fully saturated rings. The number of benzene rings is 1. The molecule has 0 saturated carbocycles. The van der Waals surface area contributed by atoms with E-state index in [0.717, 1.165) is 13.2 Å². The molecule has 1 atom stereocenters. The van der Waals surface area contributed by atoms with Crippen molar-refractivity contribution in [1.82, 2.24) is 5.48 Å². The number of allylic oxidation sites excluding steroid dienone is 3. The fraction of sp³-hybridized carbons (Fsp3) is 0.312. The first-order valence-corrected chi connectivity index (χ1v) is 7.27. The number of amides is 1.